The van der Waals surface area contributed by atoms with Crippen molar-refractivity contribution in [2.24, 2.45) is 0 Å². The molecule has 2 aliphatic rings. The number of hydrogen-bond acceptors (Lipinski definition) is 14. The number of dihydropyridines is 2. The zero-order valence-electron chi connectivity index (χ0n) is 30.8. The molecule has 2 unspecified atom stereocenters. The van der Waals surface area contributed by atoms with Gasteiger partial charge in [-0.05, 0) is 65.5 Å². The van der Waals surface area contributed by atoms with Crippen LogP contribution in [0.5, 0.6) is 0 Å². The highest BCUT2D eigenvalue weighted by Gasteiger charge is 2.39. The Morgan fingerprint density at radius 1 is 0.537 bits per heavy atom. The van der Waals surface area contributed by atoms with Gasteiger partial charge in [0, 0.05) is 47.1 Å². The minimum atomic E-state index is -0.930. The number of non-ortho nitro benzene ring substituents is 2. The predicted octanol–water partition coefficient (Wildman–Crippen LogP) is 5.67. The first-order valence-corrected chi connectivity index (χ1v) is 17.3. The van der Waals surface area contributed by atoms with Crippen molar-refractivity contribution in [3.63, 3.8) is 0 Å². The van der Waals surface area contributed by atoms with Crippen molar-refractivity contribution in [2.45, 2.75) is 66.2 Å². The highest BCUT2D eigenvalue weighted by atomic mass is 16.6. The number of ether oxygens (including phenoxy) is 4. The van der Waals surface area contributed by atoms with E-state index in [0.717, 1.165) is 0 Å². The van der Waals surface area contributed by atoms with Gasteiger partial charge in [-0.3, -0.25) is 20.2 Å². The number of nitro groups is 2. The molecule has 0 bridgehead atoms. The average Bonchev–Trinajstić information content (AvgIpc) is 3.12. The van der Waals surface area contributed by atoms with Gasteiger partial charge in [0.1, 0.15) is 0 Å². The molecule has 4 rings (SSSR count). The van der Waals surface area contributed by atoms with E-state index < -0.39 is 45.6 Å². The van der Waals surface area contributed by atoms with Crippen molar-refractivity contribution in [1.82, 2.24) is 10.6 Å². The van der Waals surface area contributed by atoms with Crippen LogP contribution in [0, 0.1) is 20.2 Å². The van der Waals surface area contributed by atoms with Crippen molar-refractivity contribution in [3.8, 4) is 0 Å². The minimum Gasteiger partial charge on any atom is -0.463 e. The smallest absolute Gasteiger partial charge is 0.336 e. The molecule has 2 atom stereocenters. The molecule has 16 heteroatoms. The Balaban J connectivity index is 1.45. The van der Waals surface area contributed by atoms with E-state index in [2.05, 4.69) is 10.6 Å². The molecular weight excluding hydrogens is 704 g/mol. The monoisotopic (exact) mass is 746 g/mol. The first-order chi connectivity index (χ1) is 25.7. The third kappa shape index (κ3) is 9.00. The second-order valence-electron chi connectivity index (χ2n) is 12.4. The average molecular weight is 747 g/mol. The van der Waals surface area contributed by atoms with Crippen molar-refractivity contribution in [2.75, 3.05) is 26.4 Å². The second-order valence-corrected chi connectivity index (χ2v) is 12.4. The lowest BCUT2D eigenvalue weighted by Gasteiger charge is -2.30. The van der Waals surface area contributed by atoms with Gasteiger partial charge in [0.2, 0.25) is 0 Å². The zero-order valence-corrected chi connectivity index (χ0v) is 30.8. The van der Waals surface area contributed by atoms with E-state index >= 15 is 0 Å². The maximum Gasteiger partial charge on any atom is 0.336 e. The zero-order chi connectivity index (χ0) is 39.7. The molecule has 2 heterocycles. The highest BCUT2D eigenvalue weighted by Crippen LogP contribution is 2.41. The molecule has 0 saturated heterocycles. The predicted molar refractivity (Wildman–Crippen MR) is 193 cm³/mol. The summed E-state index contributed by atoms with van der Waals surface area (Å²) in [7, 11) is 0. The summed E-state index contributed by atoms with van der Waals surface area (Å²) < 4.78 is 21.8. The van der Waals surface area contributed by atoms with E-state index in [9.17, 15) is 39.4 Å². The lowest BCUT2D eigenvalue weighted by Crippen LogP contribution is -2.32. The fourth-order valence-corrected chi connectivity index (χ4v) is 6.42. The Bertz CT molecular complexity index is 1820. The number of nitro benzene ring substituents is 2. The van der Waals surface area contributed by atoms with Crippen LogP contribution in [-0.2, 0) is 38.1 Å². The van der Waals surface area contributed by atoms with Gasteiger partial charge >= 0.3 is 23.9 Å². The van der Waals surface area contributed by atoms with Crippen LogP contribution >= 0.6 is 0 Å². The molecule has 0 amide bonds. The summed E-state index contributed by atoms with van der Waals surface area (Å²) in [4.78, 5) is 74.8. The summed E-state index contributed by atoms with van der Waals surface area (Å²) in [5.41, 5.74) is 2.97. The number of unbranched alkanes of at least 4 members (excludes halogenated alkanes) is 1. The van der Waals surface area contributed by atoms with Crippen LogP contribution in [0.4, 0.5) is 11.4 Å². The number of nitrogens with one attached hydrogen (secondary N) is 2. The molecule has 0 aromatic heterocycles. The molecule has 2 aliphatic heterocycles. The summed E-state index contributed by atoms with van der Waals surface area (Å²) in [5.74, 6) is -4.60. The Morgan fingerprint density at radius 3 is 1.07 bits per heavy atom. The van der Waals surface area contributed by atoms with E-state index in [4.69, 9.17) is 18.9 Å². The van der Waals surface area contributed by atoms with Gasteiger partial charge in [-0.15, -0.1) is 0 Å². The minimum absolute atomic E-state index is 0.0682. The largest absolute Gasteiger partial charge is 0.463 e. The number of benzene rings is 2. The fraction of sp³-hybridized carbons (Fsp3) is 0.368. The lowest BCUT2D eigenvalue weighted by atomic mass is 9.80. The quantitative estimate of drug-likeness (QED) is 0.0739. The van der Waals surface area contributed by atoms with Crippen LogP contribution in [0.2, 0.25) is 0 Å². The lowest BCUT2D eigenvalue weighted by molar-refractivity contribution is -0.385. The maximum absolute atomic E-state index is 13.6. The van der Waals surface area contributed by atoms with Crippen molar-refractivity contribution in [1.29, 1.82) is 0 Å². The Labute approximate surface area is 311 Å². The molecule has 16 nitrogen and oxygen atoms in total. The Kier molecular flexibility index (Phi) is 13.4. The number of rotatable bonds is 15. The number of carbonyl (C=O) groups excluding carboxylic acids is 4. The molecule has 0 aliphatic carbocycles. The standard InChI is InChI=1S/C38H42N4O12/c1-7-51-35(43)29-21(3)39-23(5)31(33(29)25-11-15-27(16-12-25)41(47)48)37(45)53-19-9-10-20-54-38(46)32-24(6)40-22(4)30(36(44)52-8-2)34(32)26-13-17-28(18-14-26)42(49)50/h11-18,33-34,39-40H,7-10,19-20H2,1-6H3. The fourth-order valence-electron chi connectivity index (χ4n) is 6.42. The Morgan fingerprint density at radius 2 is 0.815 bits per heavy atom. The van der Waals surface area contributed by atoms with Crippen LogP contribution < -0.4 is 10.6 Å². The van der Waals surface area contributed by atoms with Gasteiger partial charge in [0.25, 0.3) is 11.4 Å². The number of allylic oxidation sites excluding steroid dienone is 4. The van der Waals surface area contributed by atoms with Crippen molar-refractivity contribution < 1.29 is 48.0 Å². The summed E-state index contributed by atoms with van der Waals surface area (Å²) in [6, 6.07) is 11.1. The van der Waals surface area contributed by atoms with Crippen LogP contribution in [0.1, 0.15) is 77.3 Å². The van der Waals surface area contributed by atoms with Gasteiger partial charge in [0.05, 0.1) is 70.4 Å². The third-order valence-electron chi connectivity index (χ3n) is 8.83. The topological polar surface area (TPSA) is 216 Å². The summed E-state index contributed by atoms with van der Waals surface area (Å²) in [6.45, 7) is 9.99. The van der Waals surface area contributed by atoms with Gasteiger partial charge in [0.15, 0.2) is 0 Å². The van der Waals surface area contributed by atoms with Crippen LogP contribution in [0.3, 0.4) is 0 Å². The highest BCUT2D eigenvalue weighted by molar-refractivity contribution is 6.01. The molecule has 2 aromatic carbocycles. The van der Waals surface area contributed by atoms with Crippen LogP contribution in [0.25, 0.3) is 0 Å². The van der Waals surface area contributed by atoms with Gasteiger partial charge in [-0.2, -0.15) is 0 Å². The molecule has 54 heavy (non-hydrogen) atoms. The van der Waals surface area contributed by atoms with Gasteiger partial charge in [-0.25, -0.2) is 19.2 Å². The molecule has 2 N–H and O–H groups in total. The SMILES string of the molecule is CCOC(=O)C1=C(C)NC(C)=C(C(=O)OCCCCOC(=O)C2=C(C)NC(C)=C(C(=O)OCC)C2c2ccc([N+](=O)[O-])cc2)C1c1ccc([N+](=O)[O-])cc1. The van der Waals surface area contributed by atoms with Crippen molar-refractivity contribution >= 4 is 35.3 Å². The van der Waals surface area contributed by atoms with Gasteiger partial charge < -0.3 is 29.6 Å². The maximum atomic E-state index is 13.6. The third-order valence-corrected chi connectivity index (χ3v) is 8.83. The second kappa shape index (κ2) is 17.9. The van der Waals surface area contributed by atoms with Crippen molar-refractivity contribution in [3.05, 3.63) is 125 Å². The van der Waals surface area contributed by atoms with E-state index in [0.29, 0.717) is 33.9 Å². The first-order valence-electron chi connectivity index (χ1n) is 17.3. The molecule has 0 fully saturated rings. The van der Waals surface area contributed by atoms with E-state index in [1.54, 1.807) is 41.5 Å². The number of nitrogens with zero attached hydrogens (tertiary/aromatic N) is 2. The number of esters is 4. The van der Waals surface area contributed by atoms with E-state index in [1.165, 1.54) is 48.5 Å². The molecule has 2 aromatic rings. The van der Waals surface area contributed by atoms with Crippen LogP contribution in [-0.4, -0.2) is 60.2 Å². The van der Waals surface area contributed by atoms with E-state index in [-0.39, 0.29) is 72.9 Å². The number of hydrogen-bond donors (Lipinski definition) is 2. The Hall–Kier alpha value is -6.32. The summed E-state index contributed by atoms with van der Waals surface area (Å²) in [6.07, 6.45) is 0.575. The van der Waals surface area contributed by atoms with Gasteiger partial charge in [-0.1, -0.05) is 24.3 Å². The molecule has 286 valence electrons. The molecule has 0 spiro atoms. The number of carbonyl (C=O) groups is 4. The normalized spacial score (nSPS) is 17.0. The molecular formula is C38H42N4O12. The summed E-state index contributed by atoms with van der Waals surface area (Å²) in [5, 5.41) is 28.7. The molecule has 0 radical (unpaired) electrons. The first kappa shape index (κ1) is 40.5. The van der Waals surface area contributed by atoms with Crippen LogP contribution in [0.15, 0.2) is 93.6 Å². The van der Waals surface area contributed by atoms with E-state index in [1.807, 2.05) is 0 Å². The summed E-state index contributed by atoms with van der Waals surface area (Å²) >= 11 is 0. The molecule has 0 saturated carbocycles.